The smallest absolute Gasteiger partial charge is 0.220 e. The van der Waals surface area contributed by atoms with Gasteiger partial charge in [-0.2, -0.15) is 11.3 Å². The second-order valence-electron chi connectivity index (χ2n) is 6.08. The van der Waals surface area contributed by atoms with Crippen molar-refractivity contribution in [3.05, 3.63) is 52.2 Å². The van der Waals surface area contributed by atoms with E-state index in [1.807, 2.05) is 23.6 Å². The lowest BCUT2D eigenvalue weighted by Crippen LogP contribution is -2.22. The molecule has 1 N–H and O–H groups in total. The van der Waals surface area contributed by atoms with Crippen LogP contribution in [-0.4, -0.2) is 12.0 Å². The summed E-state index contributed by atoms with van der Waals surface area (Å²) in [6.07, 6.45) is 6.50. The van der Waals surface area contributed by atoms with E-state index >= 15 is 0 Å². The number of benzene rings is 1. The van der Waals surface area contributed by atoms with Gasteiger partial charge in [0.2, 0.25) is 5.91 Å². The van der Waals surface area contributed by atoms with E-state index < -0.39 is 0 Å². The van der Waals surface area contributed by atoms with Crippen molar-refractivity contribution in [2.45, 2.75) is 51.2 Å². The zero-order valence-electron chi connectivity index (χ0n) is 13.3. The second kappa shape index (κ2) is 8.16. The van der Waals surface area contributed by atoms with Crippen LogP contribution in [0.3, 0.4) is 0 Å². The minimum Gasteiger partial charge on any atom is -0.490 e. The highest BCUT2D eigenvalue weighted by atomic mass is 32.1. The van der Waals surface area contributed by atoms with Crippen molar-refractivity contribution in [3.8, 4) is 5.75 Å². The predicted octanol–water partition coefficient (Wildman–Crippen LogP) is 4.32. The Labute approximate surface area is 141 Å². The summed E-state index contributed by atoms with van der Waals surface area (Å²) in [5.41, 5.74) is 2.32. The molecular formula is C19H23NO2S. The molecule has 122 valence electrons. The Hall–Kier alpha value is -1.81. The largest absolute Gasteiger partial charge is 0.490 e. The minimum atomic E-state index is 0.0957. The summed E-state index contributed by atoms with van der Waals surface area (Å²) < 4.78 is 6.02. The van der Waals surface area contributed by atoms with Crippen LogP contribution in [0.15, 0.2) is 41.1 Å². The van der Waals surface area contributed by atoms with E-state index in [2.05, 4.69) is 22.8 Å². The fourth-order valence-corrected chi connectivity index (χ4v) is 3.58. The summed E-state index contributed by atoms with van der Waals surface area (Å²) >= 11 is 1.65. The molecule has 3 nitrogen and oxygen atoms in total. The van der Waals surface area contributed by atoms with E-state index in [9.17, 15) is 4.79 Å². The van der Waals surface area contributed by atoms with E-state index in [-0.39, 0.29) is 5.91 Å². The first kappa shape index (κ1) is 16.1. The number of hydrogen-bond acceptors (Lipinski definition) is 3. The van der Waals surface area contributed by atoms with E-state index in [1.54, 1.807) is 11.3 Å². The molecule has 0 unspecified atom stereocenters. The monoisotopic (exact) mass is 329 g/mol. The molecule has 0 bridgehead atoms. The Kier molecular flexibility index (Phi) is 5.70. The zero-order chi connectivity index (χ0) is 15.9. The third-order valence-electron chi connectivity index (χ3n) is 4.21. The molecule has 0 saturated heterocycles. The lowest BCUT2D eigenvalue weighted by atomic mass is 10.1. The Morgan fingerprint density at radius 1 is 1.22 bits per heavy atom. The van der Waals surface area contributed by atoms with Gasteiger partial charge in [0.1, 0.15) is 5.75 Å². The van der Waals surface area contributed by atoms with Gasteiger partial charge in [-0.3, -0.25) is 4.79 Å². The number of thiophene rings is 1. The Morgan fingerprint density at radius 2 is 2.09 bits per heavy atom. The Balaban J connectivity index is 1.44. The van der Waals surface area contributed by atoms with Gasteiger partial charge in [-0.15, -0.1) is 0 Å². The molecule has 1 aliphatic carbocycles. The molecule has 0 aliphatic heterocycles. The van der Waals surface area contributed by atoms with Crippen LogP contribution in [0.1, 0.15) is 43.2 Å². The molecule has 2 aromatic rings. The molecule has 1 fully saturated rings. The number of aryl methyl sites for hydroxylation is 1. The van der Waals surface area contributed by atoms with Crippen molar-refractivity contribution in [1.29, 1.82) is 0 Å². The summed E-state index contributed by atoms with van der Waals surface area (Å²) in [6, 6.07) is 10.2. The molecule has 23 heavy (non-hydrogen) atoms. The van der Waals surface area contributed by atoms with Crippen molar-refractivity contribution in [1.82, 2.24) is 5.32 Å². The number of carbonyl (C=O) groups excluding carboxylic acids is 1. The topological polar surface area (TPSA) is 38.3 Å². The Morgan fingerprint density at radius 3 is 2.87 bits per heavy atom. The minimum absolute atomic E-state index is 0.0957. The number of nitrogens with one attached hydrogen (secondary N) is 1. The van der Waals surface area contributed by atoms with Gasteiger partial charge < -0.3 is 10.1 Å². The van der Waals surface area contributed by atoms with Crippen LogP contribution in [0.2, 0.25) is 0 Å². The maximum absolute atomic E-state index is 11.9. The van der Waals surface area contributed by atoms with Crippen molar-refractivity contribution in [2.24, 2.45) is 0 Å². The molecule has 1 amide bonds. The van der Waals surface area contributed by atoms with E-state index in [0.717, 1.165) is 36.1 Å². The molecular weight excluding hydrogens is 306 g/mol. The lowest BCUT2D eigenvalue weighted by molar-refractivity contribution is -0.121. The molecule has 1 aromatic carbocycles. The normalized spacial score (nSPS) is 14.8. The number of ether oxygens (including phenoxy) is 1. The van der Waals surface area contributed by atoms with Crippen molar-refractivity contribution < 1.29 is 9.53 Å². The maximum Gasteiger partial charge on any atom is 0.220 e. The first-order chi connectivity index (χ1) is 11.3. The van der Waals surface area contributed by atoms with Crippen LogP contribution in [0, 0.1) is 0 Å². The van der Waals surface area contributed by atoms with Crippen LogP contribution in [0.25, 0.3) is 0 Å². The molecule has 1 aromatic heterocycles. The maximum atomic E-state index is 11.9. The Bertz CT molecular complexity index is 618. The quantitative estimate of drug-likeness (QED) is 0.821. The molecule has 4 heteroatoms. The molecule has 1 heterocycles. The summed E-state index contributed by atoms with van der Waals surface area (Å²) in [5.74, 6) is 1.03. The average Bonchev–Trinajstić information content (AvgIpc) is 3.25. The average molecular weight is 329 g/mol. The SMILES string of the molecule is O=C(CCc1cccc(OC2CCCC2)c1)NCc1ccsc1. The van der Waals surface area contributed by atoms with E-state index in [1.165, 1.54) is 12.8 Å². The highest BCUT2D eigenvalue weighted by molar-refractivity contribution is 7.07. The number of rotatable bonds is 7. The molecule has 1 saturated carbocycles. The van der Waals surface area contributed by atoms with Crippen LogP contribution in [-0.2, 0) is 17.8 Å². The number of amides is 1. The van der Waals surface area contributed by atoms with Gasteiger partial charge >= 0.3 is 0 Å². The molecule has 0 radical (unpaired) electrons. The van der Waals surface area contributed by atoms with Crippen LogP contribution in [0.4, 0.5) is 0 Å². The molecule has 0 atom stereocenters. The third-order valence-corrected chi connectivity index (χ3v) is 4.95. The number of carbonyl (C=O) groups is 1. The number of hydrogen-bond donors (Lipinski definition) is 1. The van der Waals surface area contributed by atoms with Gasteiger partial charge in [-0.05, 0) is 72.2 Å². The van der Waals surface area contributed by atoms with Gasteiger partial charge in [0.25, 0.3) is 0 Å². The fraction of sp³-hybridized carbons (Fsp3) is 0.421. The van der Waals surface area contributed by atoms with E-state index in [0.29, 0.717) is 19.1 Å². The lowest BCUT2D eigenvalue weighted by Gasteiger charge is -2.13. The van der Waals surface area contributed by atoms with Gasteiger partial charge in [0, 0.05) is 13.0 Å². The summed E-state index contributed by atoms with van der Waals surface area (Å²) in [4.78, 5) is 11.9. The predicted molar refractivity (Wildman–Crippen MR) is 93.8 cm³/mol. The summed E-state index contributed by atoms with van der Waals surface area (Å²) in [6.45, 7) is 0.618. The van der Waals surface area contributed by atoms with Crippen LogP contribution < -0.4 is 10.1 Å². The van der Waals surface area contributed by atoms with Gasteiger partial charge in [-0.1, -0.05) is 12.1 Å². The van der Waals surface area contributed by atoms with Gasteiger partial charge in [0.05, 0.1) is 6.10 Å². The second-order valence-corrected chi connectivity index (χ2v) is 6.86. The third kappa shape index (κ3) is 5.10. The van der Waals surface area contributed by atoms with Crippen molar-refractivity contribution in [3.63, 3.8) is 0 Å². The zero-order valence-corrected chi connectivity index (χ0v) is 14.1. The highest BCUT2D eigenvalue weighted by Gasteiger charge is 2.16. The van der Waals surface area contributed by atoms with Gasteiger partial charge in [0.15, 0.2) is 0 Å². The van der Waals surface area contributed by atoms with Crippen molar-refractivity contribution >= 4 is 17.2 Å². The van der Waals surface area contributed by atoms with Crippen molar-refractivity contribution in [2.75, 3.05) is 0 Å². The summed E-state index contributed by atoms with van der Waals surface area (Å²) in [5, 5.41) is 7.05. The van der Waals surface area contributed by atoms with Gasteiger partial charge in [-0.25, -0.2) is 0 Å². The van der Waals surface area contributed by atoms with E-state index in [4.69, 9.17) is 4.74 Å². The molecule has 0 spiro atoms. The van der Waals surface area contributed by atoms with Crippen LogP contribution >= 0.6 is 11.3 Å². The molecule has 3 rings (SSSR count). The molecule has 1 aliphatic rings. The fourth-order valence-electron chi connectivity index (χ4n) is 2.91. The first-order valence-corrected chi connectivity index (χ1v) is 9.27. The standard InChI is InChI=1S/C19H23NO2S/c21-19(20-13-16-10-11-23-14-16)9-8-15-4-3-7-18(12-15)22-17-5-1-2-6-17/h3-4,7,10-12,14,17H,1-2,5-6,8-9,13H2,(H,20,21). The van der Waals surface area contributed by atoms with Crippen LogP contribution in [0.5, 0.6) is 5.75 Å². The first-order valence-electron chi connectivity index (χ1n) is 8.33. The highest BCUT2D eigenvalue weighted by Crippen LogP contribution is 2.24. The summed E-state index contributed by atoms with van der Waals surface area (Å²) in [7, 11) is 0.